The van der Waals surface area contributed by atoms with E-state index < -0.39 is 0 Å². The molecule has 0 aromatic carbocycles. The molecule has 0 unspecified atom stereocenters. The molecule has 2 N–H and O–H groups in total. The zero-order valence-electron chi connectivity index (χ0n) is 10.6. The van der Waals surface area contributed by atoms with Crippen molar-refractivity contribution >= 4 is 17.4 Å². The predicted octanol–water partition coefficient (Wildman–Crippen LogP) is 2.30. The number of nitrogens with one attached hydrogen (secondary N) is 2. The lowest BCUT2D eigenvalue weighted by molar-refractivity contribution is 0.0919. The maximum absolute atomic E-state index is 12.1. The summed E-state index contributed by atoms with van der Waals surface area (Å²) in [6, 6.07) is 1.66. The van der Waals surface area contributed by atoms with Gasteiger partial charge in [0.2, 0.25) is 0 Å². The van der Waals surface area contributed by atoms with Crippen LogP contribution in [0.2, 0.25) is 0 Å². The minimum atomic E-state index is -0.158. The molecular weight excluding hydrogens is 248 g/mol. The van der Waals surface area contributed by atoms with Crippen LogP contribution in [-0.4, -0.2) is 20.2 Å². The number of aryl methyl sites for hydroxylation is 1. The fourth-order valence-electron chi connectivity index (χ4n) is 1.69. The Morgan fingerprint density at radius 2 is 2.28 bits per heavy atom. The molecule has 0 bridgehead atoms. The molecule has 0 aliphatic rings. The highest BCUT2D eigenvalue weighted by Gasteiger charge is 2.22. The fourth-order valence-corrected chi connectivity index (χ4v) is 2.23. The van der Waals surface area contributed by atoms with Gasteiger partial charge in [-0.3, -0.25) is 4.79 Å². The van der Waals surface area contributed by atoms with Crippen molar-refractivity contribution in [2.45, 2.75) is 26.8 Å². The molecule has 0 radical (unpaired) electrons. The number of hydrogen-bond acceptors (Lipinski definition) is 4. The van der Waals surface area contributed by atoms with Gasteiger partial charge in [0.15, 0.2) is 0 Å². The van der Waals surface area contributed by atoms with E-state index in [2.05, 4.69) is 19.7 Å². The van der Waals surface area contributed by atoms with E-state index in [9.17, 15) is 4.79 Å². The SMILES string of the molecule is Cc1cc(C(=O)N[C@H](c2ncc[nH]2)C(C)C)ns1. The number of aromatic nitrogens is 3. The molecule has 0 fully saturated rings. The van der Waals surface area contributed by atoms with Gasteiger partial charge in [-0.05, 0) is 30.4 Å². The first-order valence-corrected chi connectivity index (χ1v) is 6.58. The van der Waals surface area contributed by atoms with Gasteiger partial charge < -0.3 is 10.3 Å². The number of H-pyrrole nitrogens is 1. The molecule has 2 heterocycles. The molecule has 0 aliphatic carbocycles. The number of imidazole rings is 1. The lowest BCUT2D eigenvalue weighted by Gasteiger charge is -2.19. The first kappa shape index (κ1) is 12.8. The second kappa shape index (κ2) is 5.30. The monoisotopic (exact) mass is 264 g/mol. The fraction of sp³-hybridized carbons (Fsp3) is 0.417. The van der Waals surface area contributed by atoms with Crippen molar-refractivity contribution in [3.05, 3.63) is 34.9 Å². The van der Waals surface area contributed by atoms with Crippen LogP contribution in [0, 0.1) is 12.8 Å². The summed E-state index contributed by atoms with van der Waals surface area (Å²) in [6.45, 7) is 6.01. The normalized spacial score (nSPS) is 12.7. The number of carbonyl (C=O) groups is 1. The van der Waals surface area contributed by atoms with Gasteiger partial charge in [-0.1, -0.05) is 13.8 Å². The number of aromatic amines is 1. The van der Waals surface area contributed by atoms with E-state index in [0.29, 0.717) is 5.69 Å². The molecule has 2 rings (SSSR count). The van der Waals surface area contributed by atoms with Crippen LogP contribution >= 0.6 is 11.5 Å². The molecular formula is C12H16N4OS. The van der Waals surface area contributed by atoms with Gasteiger partial charge in [-0.2, -0.15) is 4.37 Å². The van der Waals surface area contributed by atoms with Gasteiger partial charge >= 0.3 is 0 Å². The molecule has 2 aromatic rings. The summed E-state index contributed by atoms with van der Waals surface area (Å²) in [4.78, 5) is 20.3. The van der Waals surface area contributed by atoms with Gasteiger partial charge in [-0.25, -0.2) is 4.98 Å². The third-order valence-corrected chi connectivity index (χ3v) is 3.32. The van der Waals surface area contributed by atoms with E-state index in [1.165, 1.54) is 11.5 Å². The Bertz CT molecular complexity index is 518. The van der Waals surface area contributed by atoms with Gasteiger partial charge in [-0.15, -0.1) is 0 Å². The summed E-state index contributed by atoms with van der Waals surface area (Å²) in [7, 11) is 0. The van der Waals surface area contributed by atoms with Crippen molar-refractivity contribution in [2.24, 2.45) is 5.92 Å². The van der Waals surface area contributed by atoms with Gasteiger partial charge in [0, 0.05) is 17.3 Å². The third kappa shape index (κ3) is 2.76. The summed E-state index contributed by atoms with van der Waals surface area (Å²) in [5.41, 5.74) is 0.467. The lowest BCUT2D eigenvalue weighted by atomic mass is 10.0. The summed E-state index contributed by atoms with van der Waals surface area (Å²) < 4.78 is 4.11. The van der Waals surface area contributed by atoms with Gasteiger partial charge in [0.05, 0.1) is 6.04 Å². The van der Waals surface area contributed by atoms with E-state index in [1.54, 1.807) is 18.5 Å². The molecule has 96 valence electrons. The highest BCUT2D eigenvalue weighted by atomic mass is 32.1. The maximum atomic E-state index is 12.1. The van der Waals surface area contributed by atoms with Crippen molar-refractivity contribution in [3.63, 3.8) is 0 Å². The zero-order chi connectivity index (χ0) is 13.1. The average Bonchev–Trinajstić information content (AvgIpc) is 2.95. The first-order chi connectivity index (χ1) is 8.58. The topological polar surface area (TPSA) is 70.7 Å². The molecule has 5 nitrogen and oxygen atoms in total. The predicted molar refractivity (Wildman–Crippen MR) is 70.5 cm³/mol. The maximum Gasteiger partial charge on any atom is 0.271 e. The van der Waals surface area contributed by atoms with Crippen LogP contribution in [0.1, 0.15) is 41.1 Å². The lowest BCUT2D eigenvalue weighted by Crippen LogP contribution is -2.32. The van der Waals surface area contributed by atoms with Crippen LogP contribution in [0.25, 0.3) is 0 Å². The van der Waals surface area contributed by atoms with Crippen molar-refractivity contribution in [1.29, 1.82) is 0 Å². The van der Waals surface area contributed by atoms with Crippen molar-refractivity contribution in [1.82, 2.24) is 19.7 Å². The zero-order valence-corrected chi connectivity index (χ0v) is 11.4. The van der Waals surface area contributed by atoms with E-state index in [1.807, 2.05) is 20.8 Å². The Labute approximate surface area is 110 Å². The minimum absolute atomic E-state index is 0.130. The smallest absolute Gasteiger partial charge is 0.271 e. The molecule has 18 heavy (non-hydrogen) atoms. The molecule has 6 heteroatoms. The number of nitrogens with zero attached hydrogens (tertiary/aromatic N) is 2. The van der Waals surface area contributed by atoms with E-state index >= 15 is 0 Å². The summed E-state index contributed by atoms with van der Waals surface area (Å²) in [5.74, 6) is 0.861. The average molecular weight is 264 g/mol. The summed E-state index contributed by atoms with van der Waals surface area (Å²) in [6.07, 6.45) is 3.44. The largest absolute Gasteiger partial charge is 0.347 e. The van der Waals surface area contributed by atoms with E-state index in [0.717, 1.165) is 10.7 Å². The van der Waals surface area contributed by atoms with Crippen molar-refractivity contribution in [3.8, 4) is 0 Å². The third-order valence-electron chi connectivity index (χ3n) is 2.63. The van der Waals surface area contributed by atoms with E-state index in [-0.39, 0.29) is 17.9 Å². The van der Waals surface area contributed by atoms with Crippen LogP contribution in [0.4, 0.5) is 0 Å². The Morgan fingerprint density at radius 3 is 2.78 bits per heavy atom. The number of carbonyl (C=O) groups excluding carboxylic acids is 1. The molecule has 0 saturated carbocycles. The number of amides is 1. The van der Waals surface area contributed by atoms with Crippen LogP contribution in [0.3, 0.4) is 0 Å². The minimum Gasteiger partial charge on any atom is -0.347 e. The highest BCUT2D eigenvalue weighted by Crippen LogP contribution is 2.19. The number of hydrogen-bond donors (Lipinski definition) is 2. The Balaban J connectivity index is 2.13. The number of rotatable bonds is 4. The van der Waals surface area contributed by atoms with Crippen molar-refractivity contribution in [2.75, 3.05) is 0 Å². The molecule has 0 aliphatic heterocycles. The quantitative estimate of drug-likeness (QED) is 0.890. The molecule has 1 atom stereocenters. The second-order valence-electron chi connectivity index (χ2n) is 4.49. The second-order valence-corrected chi connectivity index (χ2v) is 5.50. The summed E-state index contributed by atoms with van der Waals surface area (Å²) in [5, 5.41) is 2.96. The Hall–Kier alpha value is -1.69. The van der Waals surface area contributed by atoms with Crippen LogP contribution in [-0.2, 0) is 0 Å². The standard InChI is InChI=1S/C12H16N4OS/c1-7(2)10(11-13-4-5-14-11)15-12(17)9-6-8(3)18-16-9/h4-7,10H,1-3H3,(H,13,14)(H,15,17)/t10-/m0/s1. The highest BCUT2D eigenvalue weighted by molar-refractivity contribution is 7.05. The molecule has 0 saturated heterocycles. The van der Waals surface area contributed by atoms with Crippen molar-refractivity contribution < 1.29 is 4.79 Å². The molecule has 2 aromatic heterocycles. The van der Waals surface area contributed by atoms with E-state index in [4.69, 9.17) is 0 Å². The van der Waals surface area contributed by atoms with Crippen LogP contribution in [0.15, 0.2) is 18.5 Å². The first-order valence-electron chi connectivity index (χ1n) is 5.81. The Morgan fingerprint density at radius 1 is 1.50 bits per heavy atom. The van der Waals surface area contributed by atoms with Crippen LogP contribution < -0.4 is 5.32 Å². The summed E-state index contributed by atoms with van der Waals surface area (Å²) >= 11 is 1.33. The molecule has 0 spiro atoms. The van der Waals surface area contributed by atoms with Gasteiger partial charge in [0.25, 0.3) is 5.91 Å². The van der Waals surface area contributed by atoms with Gasteiger partial charge in [0.1, 0.15) is 11.5 Å². The Kier molecular flexibility index (Phi) is 3.76. The van der Waals surface area contributed by atoms with Crippen LogP contribution in [0.5, 0.6) is 0 Å². The molecule has 1 amide bonds.